The van der Waals surface area contributed by atoms with Crippen LogP contribution in [0.1, 0.15) is 29.8 Å². The molecule has 0 aliphatic heterocycles. The number of rotatable bonds is 6. The number of aromatic nitrogens is 2. The second-order valence-electron chi connectivity index (χ2n) is 3.45. The number of nitrogens with zero attached hydrogens (tertiary/aromatic N) is 2. The topological polar surface area (TPSA) is 49.0 Å². The van der Waals surface area contributed by atoms with Crippen LogP contribution in [-0.2, 0) is 0 Å². The molecule has 0 unspecified atom stereocenters. The van der Waals surface area contributed by atoms with E-state index in [-0.39, 0.29) is 5.91 Å². The molecule has 0 saturated heterocycles. The fraction of sp³-hybridized carbons (Fsp3) is 0.600. The smallest absolute Gasteiger partial charge is 0.271 e. The average Bonchev–Trinajstić information content (AvgIpc) is 2.76. The summed E-state index contributed by atoms with van der Waals surface area (Å²) in [4.78, 5) is 13.4. The van der Waals surface area contributed by atoms with Crippen LogP contribution in [0.15, 0.2) is 12.3 Å². The van der Waals surface area contributed by atoms with E-state index in [1.165, 1.54) is 0 Å². The molecule has 1 aromatic rings. The van der Waals surface area contributed by atoms with E-state index >= 15 is 0 Å². The minimum Gasteiger partial charge on any atom is -0.340 e. The maximum absolute atomic E-state index is 11.7. The number of amides is 1. The zero-order valence-electron chi connectivity index (χ0n) is 8.87. The van der Waals surface area contributed by atoms with Gasteiger partial charge in [-0.05, 0) is 18.9 Å². The van der Waals surface area contributed by atoms with Crippen LogP contribution in [0, 0.1) is 0 Å². The third-order valence-electron chi connectivity index (χ3n) is 2.20. The van der Waals surface area contributed by atoms with E-state index in [0.29, 0.717) is 11.6 Å². The van der Waals surface area contributed by atoms with Crippen molar-refractivity contribution in [3.8, 4) is 0 Å². The Bertz CT molecular complexity index is 287. The molecule has 0 spiro atoms. The van der Waals surface area contributed by atoms with Gasteiger partial charge in [0.1, 0.15) is 5.69 Å². The van der Waals surface area contributed by atoms with Crippen molar-refractivity contribution >= 4 is 17.5 Å². The summed E-state index contributed by atoms with van der Waals surface area (Å²) in [6.07, 6.45) is 4.63. The van der Waals surface area contributed by atoms with E-state index in [2.05, 4.69) is 10.2 Å². The van der Waals surface area contributed by atoms with Gasteiger partial charge < -0.3 is 4.90 Å². The first-order valence-electron chi connectivity index (χ1n) is 5.06. The number of hydrogen-bond donors (Lipinski definition) is 1. The molecule has 0 fully saturated rings. The first-order valence-corrected chi connectivity index (χ1v) is 5.60. The third kappa shape index (κ3) is 3.91. The largest absolute Gasteiger partial charge is 0.340 e. The molecule has 1 amide bonds. The molecule has 84 valence electrons. The number of carbonyl (C=O) groups excluding carboxylic acids is 1. The predicted molar refractivity (Wildman–Crippen MR) is 60.1 cm³/mol. The Morgan fingerprint density at radius 1 is 1.53 bits per heavy atom. The number of H-pyrrole nitrogens is 1. The van der Waals surface area contributed by atoms with E-state index in [1.807, 2.05) is 0 Å². The Hall–Kier alpha value is -1.03. The van der Waals surface area contributed by atoms with Crippen LogP contribution in [0.5, 0.6) is 0 Å². The van der Waals surface area contributed by atoms with Crippen LogP contribution >= 0.6 is 11.6 Å². The average molecular weight is 230 g/mol. The number of alkyl halides is 1. The summed E-state index contributed by atoms with van der Waals surface area (Å²) in [7, 11) is 1.80. The van der Waals surface area contributed by atoms with Gasteiger partial charge in [-0.1, -0.05) is 6.42 Å². The summed E-state index contributed by atoms with van der Waals surface area (Å²) in [5.41, 5.74) is 0.537. The summed E-state index contributed by atoms with van der Waals surface area (Å²) in [6.45, 7) is 0.759. The van der Waals surface area contributed by atoms with Crippen molar-refractivity contribution in [2.75, 3.05) is 19.5 Å². The maximum atomic E-state index is 11.7. The molecule has 5 heteroatoms. The van der Waals surface area contributed by atoms with Crippen molar-refractivity contribution in [3.63, 3.8) is 0 Å². The molecule has 4 nitrogen and oxygen atoms in total. The van der Waals surface area contributed by atoms with Gasteiger partial charge in [0.15, 0.2) is 0 Å². The number of hydrogen-bond acceptors (Lipinski definition) is 2. The van der Waals surface area contributed by atoms with E-state index < -0.39 is 0 Å². The van der Waals surface area contributed by atoms with Gasteiger partial charge in [0.05, 0.1) is 0 Å². The van der Waals surface area contributed by atoms with Crippen molar-refractivity contribution in [1.82, 2.24) is 15.1 Å². The highest BCUT2D eigenvalue weighted by atomic mass is 35.5. The monoisotopic (exact) mass is 229 g/mol. The minimum absolute atomic E-state index is 0.0154. The second kappa shape index (κ2) is 6.45. The molecule has 1 N–H and O–H groups in total. The Morgan fingerprint density at radius 2 is 2.33 bits per heavy atom. The van der Waals surface area contributed by atoms with Crippen LogP contribution < -0.4 is 0 Å². The van der Waals surface area contributed by atoms with Crippen LogP contribution in [0.2, 0.25) is 0 Å². The van der Waals surface area contributed by atoms with Crippen LogP contribution in [0.25, 0.3) is 0 Å². The summed E-state index contributed by atoms with van der Waals surface area (Å²) < 4.78 is 0. The number of halogens is 1. The van der Waals surface area contributed by atoms with E-state index in [0.717, 1.165) is 25.8 Å². The highest BCUT2D eigenvalue weighted by Crippen LogP contribution is 2.02. The molecule has 0 atom stereocenters. The Kier molecular flexibility index (Phi) is 5.18. The number of carbonyl (C=O) groups is 1. The lowest BCUT2D eigenvalue weighted by molar-refractivity contribution is 0.0787. The molecule has 0 aromatic carbocycles. The first-order chi connectivity index (χ1) is 7.25. The molecular formula is C10H16ClN3O. The van der Waals surface area contributed by atoms with Crippen molar-refractivity contribution in [1.29, 1.82) is 0 Å². The van der Waals surface area contributed by atoms with Gasteiger partial charge >= 0.3 is 0 Å². The minimum atomic E-state index is -0.0154. The normalized spacial score (nSPS) is 10.3. The van der Waals surface area contributed by atoms with E-state index in [1.54, 1.807) is 24.2 Å². The van der Waals surface area contributed by atoms with Crippen LogP contribution in [0.4, 0.5) is 0 Å². The van der Waals surface area contributed by atoms with Crippen molar-refractivity contribution < 1.29 is 4.79 Å². The van der Waals surface area contributed by atoms with E-state index in [4.69, 9.17) is 11.6 Å². The van der Waals surface area contributed by atoms with Gasteiger partial charge in [-0.2, -0.15) is 5.10 Å². The molecular weight excluding hydrogens is 214 g/mol. The van der Waals surface area contributed by atoms with Gasteiger partial charge in [0.2, 0.25) is 0 Å². The third-order valence-corrected chi connectivity index (χ3v) is 2.47. The molecule has 0 saturated carbocycles. The standard InChI is InChI=1S/C10H16ClN3O/c1-14(8-4-2-3-6-11)10(15)9-5-7-12-13-9/h5,7H,2-4,6,8H2,1H3,(H,12,13). The SMILES string of the molecule is CN(CCCCCCl)C(=O)c1ccn[nH]1. The van der Waals surface area contributed by atoms with Gasteiger partial charge in [-0.3, -0.25) is 9.89 Å². The van der Waals surface area contributed by atoms with Gasteiger partial charge in [-0.25, -0.2) is 0 Å². The lowest BCUT2D eigenvalue weighted by Crippen LogP contribution is -2.28. The summed E-state index contributed by atoms with van der Waals surface area (Å²) in [5, 5.41) is 6.40. The molecule has 1 heterocycles. The predicted octanol–water partition coefficient (Wildman–Crippen LogP) is 1.89. The van der Waals surface area contributed by atoms with Gasteiger partial charge in [0, 0.05) is 25.7 Å². The number of aromatic amines is 1. The molecule has 1 aromatic heterocycles. The fourth-order valence-electron chi connectivity index (χ4n) is 1.30. The van der Waals surface area contributed by atoms with Crippen molar-refractivity contribution in [2.24, 2.45) is 0 Å². The maximum Gasteiger partial charge on any atom is 0.271 e. The molecule has 0 bridgehead atoms. The van der Waals surface area contributed by atoms with Crippen LogP contribution in [0.3, 0.4) is 0 Å². The Balaban J connectivity index is 2.28. The molecule has 0 aliphatic rings. The number of nitrogens with one attached hydrogen (secondary N) is 1. The summed E-state index contributed by atoms with van der Waals surface area (Å²) in [6, 6.07) is 1.68. The molecule has 0 aliphatic carbocycles. The quantitative estimate of drug-likeness (QED) is 0.598. The van der Waals surface area contributed by atoms with Crippen molar-refractivity contribution in [2.45, 2.75) is 19.3 Å². The molecule has 0 radical (unpaired) electrons. The highest BCUT2D eigenvalue weighted by Gasteiger charge is 2.11. The Labute approximate surface area is 94.6 Å². The zero-order chi connectivity index (χ0) is 11.1. The fourth-order valence-corrected chi connectivity index (χ4v) is 1.49. The molecule has 1 rings (SSSR count). The lowest BCUT2D eigenvalue weighted by Gasteiger charge is -2.15. The molecule has 15 heavy (non-hydrogen) atoms. The number of unbranched alkanes of at least 4 members (excludes halogenated alkanes) is 2. The Morgan fingerprint density at radius 3 is 2.93 bits per heavy atom. The summed E-state index contributed by atoms with van der Waals surface area (Å²) in [5.74, 6) is 0.677. The summed E-state index contributed by atoms with van der Waals surface area (Å²) >= 11 is 5.57. The lowest BCUT2D eigenvalue weighted by atomic mass is 10.2. The highest BCUT2D eigenvalue weighted by molar-refractivity contribution is 6.17. The van der Waals surface area contributed by atoms with Gasteiger partial charge in [-0.15, -0.1) is 11.6 Å². The van der Waals surface area contributed by atoms with Crippen LogP contribution in [-0.4, -0.2) is 40.5 Å². The first kappa shape index (κ1) is 12.0. The second-order valence-corrected chi connectivity index (χ2v) is 3.82. The van der Waals surface area contributed by atoms with E-state index in [9.17, 15) is 4.79 Å². The zero-order valence-corrected chi connectivity index (χ0v) is 9.63. The van der Waals surface area contributed by atoms with Gasteiger partial charge in [0.25, 0.3) is 5.91 Å². The van der Waals surface area contributed by atoms with Crippen molar-refractivity contribution in [3.05, 3.63) is 18.0 Å².